The van der Waals surface area contributed by atoms with Crippen molar-refractivity contribution in [3.63, 3.8) is 0 Å². The first-order valence-electron chi connectivity index (χ1n) is 7.10. The number of rotatable bonds is 6. The number of nitrogens with zero attached hydrogens (tertiary/aromatic N) is 2. The van der Waals surface area contributed by atoms with E-state index in [2.05, 4.69) is 17.3 Å². The third kappa shape index (κ3) is 2.92. The van der Waals surface area contributed by atoms with E-state index in [-0.39, 0.29) is 22.8 Å². The van der Waals surface area contributed by atoms with Gasteiger partial charge in [0.05, 0.1) is 6.04 Å². The summed E-state index contributed by atoms with van der Waals surface area (Å²) in [6.45, 7) is 6.05. The maximum Gasteiger partial charge on any atom is 0.182 e. The predicted octanol–water partition coefficient (Wildman–Crippen LogP) is 2.05. The van der Waals surface area contributed by atoms with Crippen LogP contribution < -0.4 is 11.1 Å². The van der Waals surface area contributed by atoms with Gasteiger partial charge < -0.3 is 11.1 Å². The normalized spacial score (nSPS) is 18.8. The van der Waals surface area contributed by atoms with Crippen LogP contribution in [0.15, 0.2) is 4.90 Å². The average Bonchev–Trinajstić information content (AvgIpc) is 3.12. The molecule has 0 saturated heterocycles. The van der Waals surface area contributed by atoms with E-state index < -0.39 is 9.84 Å². The van der Waals surface area contributed by atoms with E-state index in [1.165, 1.54) is 19.1 Å². The SMILES string of the molecule is CCC(C)n1nc(NC(C)C2CC2)c(S(C)(=O)=O)c1N. The Morgan fingerprint density at radius 3 is 2.50 bits per heavy atom. The van der Waals surface area contributed by atoms with Crippen LogP contribution in [-0.2, 0) is 9.84 Å². The van der Waals surface area contributed by atoms with E-state index in [1.54, 1.807) is 4.68 Å². The summed E-state index contributed by atoms with van der Waals surface area (Å²) in [5.41, 5.74) is 6.02. The van der Waals surface area contributed by atoms with Crippen molar-refractivity contribution < 1.29 is 8.42 Å². The summed E-state index contributed by atoms with van der Waals surface area (Å²) in [5.74, 6) is 1.23. The standard InChI is InChI=1S/C13H24N4O2S/c1-5-8(2)17-12(14)11(20(4,18)19)13(16-17)15-9(3)10-6-7-10/h8-10H,5-7,14H2,1-4H3,(H,15,16). The number of nitrogen functional groups attached to an aromatic ring is 1. The Kier molecular flexibility index (Phi) is 4.00. The van der Waals surface area contributed by atoms with Crippen molar-refractivity contribution in [2.24, 2.45) is 5.92 Å². The summed E-state index contributed by atoms with van der Waals surface area (Å²) in [4.78, 5) is 0.130. The minimum absolute atomic E-state index is 0.0716. The minimum atomic E-state index is -3.41. The van der Waals surface area contributed by atoms with E-state index in [0.29, 0.717) is 11.7 Å². The molecule has 1 fully saturated rings. The number of anilines is 2. The molecule has 20 heavy (non-hydrogen) atoms. The summed E-state index contributed by atoms with van der Waals surface area (Å²) in [7, 11) is -3.41. The van der Waals surface area contributed by atoms with Gasteiger partial charge in [-0.2, -0.15) is 5.10 Å². The monoisotopic (exact) mass is 300 g/mol. The molecule has 0 bridgehead atoms. The molecule has 3 N–H and O–H groups in total. The van der Waals surface area contributed by atoms with Gasteiger partial charge in [-0.25, -0.2) is 13.1 Å². The lowest BCUT2D eigenvalue weighted by atomic mass is 10.2. The van der Waals surface area contributed by atoms with Gasteiger partial charge in [0.15, 0.2) is 20.6 Å². The number of nitrogens with one attached hydrogen (secondary N) is 1. The van der Waals surface area contributed by atoms with Gasteiger partial charge >= 0.3 is 0 Å². The molecule has 1 aromatic rings. The van der Waals surface area contributed by atoms with Crippen LogP contribution >= 0.6 is 0 Å². The van der Waals surface area contributed by atoms with Gasteiger partial charge in [-0.3, -0.25) is 0 Å². The molecule has 2 unspecified atom stereocenters. The lowest BCUT2D eigenvalue weighted by molar-refractivity contribution is 0.484. The van der Waals surface area contributed by atoms with E-state index in [4.69, 9.17) is 5.73 Å². The van der Waals surface area contributed by atoms with Gasteiger partial charge in [0.25, 0.3) is 0 Å². The Bertz CT molecular complexity index is 590. The third-order valence-electron chi connectivity index (χ3n) is 3.97. The number of hydrogen-bond acceptors (Lipinski definition) is 5. The predicted molar refractivity (Wildman–Crippen MR) is 80.6 cm³/mol. The molecule has 6 nitrogen and oxygen atoms in total. The van der Waals surface area contributed by atoms with Crippen LogP contribution in [0.5, 0.6) is 0 Å². The summed E-state index contributed by atoms with van der Waals surface area (Å²) in [5, 5.41) is 7.63. The first kappa shape index (κ1) is 15.2. The maximum atomic E-state index is 12.0. The molecule has 1 heterocycles. The Morgan fingerprint density at radius 2 is 2.05 bits per heavy atom. The Hall–Kier alpha value is -1.24. The first-order valence-corrected chi connectivity index (χ1v) is 8.99. The van der Waals surface area contributed by atoms with E-state index >= 15 is 0 Å². The quantitative estimate of drug-likeness (QED) is 0.839. The van der Waals surface area contributed by atoms with Gasteiger partial charge in [-0.05, 0) is 39.0 Å². The average molecular weight is 300 g/mol. The van der Waals surface area contributed by atoms with Crippen molar-refractivity contribution in [3.05, 3.63) is 0 Å². The highest BCUT2D eigenvalue weighted by atomic mass is 32.2. The van der Waals surface area contributed by atoms with Crippen molar-refractivity contribution in [1.82, 2.24) is 9.78 Å². The van der Waals surface area contributed by atoms with Gasteiger partial charge in [0, 0.05) is 12.3 Å². The molecule has 7 heteroatoms. The smallest absolute Gasteiger partial charge is 0.182 e. The molecule has 1 aromatic heterocycles. The number of nitrogens with two attached hydrogens (primary N) is 1. The zero-order valence-corrected chi connectivity index (χ0v) is 13.4. The number of sulfone groups is 1. The fourth-order valence-corrected chi connectivity index (χ4v) is 3.26. The molecule has 0 spiro atoms. The molecule has 2 rings (SSSR count). The molecule has 2 atom stereocenters. The Labute approximate surface area is 120 Å². The largest absolute Gasteiger partial charge is 0.383 e. The number of hydrogen-bond donors (Lipinski definition) is 2. The lowest BCUT2D eigenvalue weighted by Crippen LogP contribution is -2.19. The topological polar surface area (TPSA) is 90.0 Å². The third-order valence-corrected chi connectivity index (χ3v) is 5.12. The lowest BCUT2D eigenvalue weighted by Gasteiger charge is -2.13. The van der Waals surface area contributed by atoms with Crippen molar-refractivity contribution in [1.29, 1.82) is 0 Å². The molecule has 0 amide bonds. The highest BCUT2D eigenvalue weighted by molar-refractivity contribution is 7.91. The summed E-state index contributed by atoms with van der Waals surface area (Å²) in [6, 6.07) is 0.289. The highest BCUT2D eigenvalue weighted by Gasteiger charge is 2.31. The Morgan fingerprint density at radius 1 is 1.45 bits per heavy atom. The zero-order chi connectivity index (χ0) is 15.1. The van der Waals surface area contributed by atoms with Crippen molar-refractivity contribution in [2.45, 2.75) is 57.0 Å². The molecular formula is C13H24N4O2S. The molecule has 0 radical (unpaired) electrons. The summed E-state index contributed by atoms with van der Waals surface area (Å²) < 4.78 is 25.6. The van der Waals surface area contributed by atoms with Crippen LogP contribution in [0.3, 0.4) is 0 Å². The van der Waals surface area contributed by atoms with E-state index in [1.807, 2.05) is 13.8 Å². The summed E-state index contributed by atoms with van der Waals surface area (Å²) in [6.07, 6.45) is 4.38. The van der Waals surface area contributed by atoms with Crippen molar-refractivity contribution in [2.75, 3.05) is 17.3 Å². The van der Waals surface area contributed by atoms with Crippen LogP contribution in [0.2, 0.25) is 0 Å². The second kappa shape index (κ2) is 5.27. The van der Waals surface area contributed by atoms with Crippen LogP contribution in [-0.4, -0.2) is 30.5 Å². The molecule has 114 valence electrons. The van der Waals surface area contributed by atoms with Crippen molar-refractivity contribution >= 4 is 21.5 Å². The molecule has 1 saturated carbocycles. The first-order chi connectivity index (χ1) is 9.25. The minimum Gasteiger partial charge on any atom is -0.383 e. The van der Waals surface area contributed by atoms with Gasteiger partial charge in [-0.1, -0.05) is 6.92 Å². The van der Waals surface area contributed by atoms with Gasteiger partial charge in [-0.15, -0.1) is 0 Å². The molecule has 0 aromatic carbocycles. The van der Waals surface area contributed by atoms with Crippen LogP contribution in [0.25, 0.3) is 0 Å². The van der Waals surface area contributed by atoms with Gasteiger partial charge in [0.2, 0.25) is 0 Å². The highest BCUT2D eigenvalue weighted by Crippen LogP contribution is 2.36. The second-order valence-electron chi connectivity index (χ2n) is 5.81. The Balaban J connectivity index is 2.42. The van der Waals surface area contributed by atoms with Crippen LogP contribution in [0, 0.1) is 5.92 Å². The fraction of sp³-hybridized carbons (Fsp3) is 0.769. The van der Waals surface area contributed by atoms with E-state index in [0.717, 1.165) is 6.42 Å². The van der Waals surface area contributed by atoms with E-state index in [9.17, 15) is 8.42 Å². The second-order valence-corrected chi connectivity index (χ2v) is 7.76. The maximum absolute atomic E-state index is 12.0. The zero-order valence-electron chi connectivity index (χ0n) is 12.5. The van der Waals surface area contributed by atoms with Crippen LogP contribution in [0.1, 0.15) is 46.1 Å². The van der Waals surface area contributed by atoms with Crippen LogP contribution in [0.4, 0.5) is 11.6 Å². The molecule has 1 aliphatic carbocycles. The molecule has 1 aliphatic rings. The molecule has 0 aliphatic heterocycles. The fourth-order valence-electron chi connectivity index (χ4n) is 2.33. The molecular weight excluding hydrogens is 276 g/mol. The van der Waals surface area contributed by atoms with Gasteiger partial charge in [0.1, 0.15) is 5.82 Å². The number of aromatic nitrogens is 2. The summed E-state index contributed by atoms with van der Waals surface area (Å²) >= 11 is 0. The van der Waals surface area contributed by atoms with Crippen molar-refractivity contribution in [3.8, 4) is 0 Å².